The van der Waals surface area contributed by atoms with E-state index in [1.807, 2.05) is 24.3 Å². The van der Waals surface area contributed by atoms with Gasteiger partial charge in [-0.25, -0.2) is 4.68 Å². The highest BCUT2D eigenvalue weighted by molar-refractivity contribution is 5.60. The van der Waals surface area contributed by atoms with E-state index in [9.17, 15) is 0 Å². The Kier molecular flexibility index (Phi) is 2.21. The first kappa shape index (κ1) is 9.39. The minimum atomic E-state index is 0.434. The number of nitrogen functional groups attached to an aromatic ring is 2. The first-order valence-corrected chi connectivity index (χ1v) is 4.46. The largest absolute Gasteiger partial charge is 0.497 e. The number of anilines is 2. The molecule has 15 heavy (non-hydrogen) atoms. The van der Waals surface area contributed by atoms with Crippen molar-refractivity contribution in [2.24, 2.45) is 0 Å². The molecule has 0 aliphatic rings. The fourth-order valence-corrected chi connectivity index (χ4v) is 1.32. The number of aromatic nitrogens is 2. The molecular formula is C10H12N4O. The van der Waals surface area contributed by atoms with Crippen LogP contribution in [0.2, 0.25) is 0 Å². The molecule has 0 saturated heterocycles. The average molecular weight is 204 g/mol. The zero-order valence-corrected chi connectivity index (χ0v) is 8.34. The monoisotopic (exact) mass is 204 g/mol. The summed E-state index contributed by atoms with van der Waals surface area (Å²) in [7, 11) is 1.61. The van der Waals surface area contributed by atoms with Crippen molar-refractivity contribution >= 4 is 11.5 Å². The zero-order chi connectivity index (χ0) is 10.8. The number of methoxy groups -OCH3 is 1. The lowest BCUT2D eigenvalue weighted by atomic mass is 10.3. The lowest BCUT2D eigenvalue weighted by Crippen LogP contribution is -2.03. The molecule has 0 fully saturated rings. The van der Waals surface area contributed by atoms with Crippen molar-refractivity contribution in [2.45, 2.75) is 0 Å². The summed E-state index contributed by atoms with van der Waals surface area (Å²) in [6.07, 6.45) is 1.52. The minimum Gasteiger partial charge on any atom is -0.497 e. The Morgan fingerprint density at radius 1 is 1.33 bits per heavy atom. The van der Waals surface area contributed by atoms with Gasteiger partial charge in [0.2, 0.25) is 0 Å². The number of nitrogens with two attached hydrogens (primary N) is 2. The van der Waals surface area contributed by atoms with Crippen LogP contribution in [0, 0.1) is 0 Å². The van der Waals surface area contributed by atoms with E-state index in [0.717, 1.165) is 11.4 Å². The molecule has 4 N–H and O–H groups in total. The quantitative estimate of drug-likeness (QED) is 0.766. The van der Waals surface area contributed by atoms with Gasteiger partial charge in [0.05, 0.1) is 24.7 Å². The molecule has 1 aromatic heterocycles. The van der Waals surface area contributed by atoms with Gasteiger partial charge in [-0.05, 0) is 12.1 Å². The van der Waals surface area contributed by atoms with Gasteiger partial charge in [-0.15, -0.1) is 0 Å². The summed E-state index contributed by atoms with van der Waals surface area (Å²) in [5.41, 5.74) is 12.7. The molecule has 78 valence electrons. The fraction of sp³-hybridized carbons (Fsp3) is 0.100. The molecular weight excluding hydrogens is 192 g/mol. The van der Waals surface area contributed by atoms with Crippen LogP contribution >= 0.6 is 0 Å². The smallest absolute Gasteiger partial charge is 0.150 e. The van der Waals surface area contributed by atoms with Crippen LogP contribution in [0.25, 0.3) is 5.69 Å². The molecule has 2 aromatic rings. The van der Waals surface area contributed by atoms with Crippen LogP contribution in [0.5, 0.6) is 5.75 Å². The van der Waals surface area contributed by atoms with Gasteiger partial charge in [0.1, 0.15) is 11.6 Å². The SMILES string of the molecule is COc1cccc(-n2ncc(N)c2N)c1. The van der Waals surface area contributed by atoms with E-state index in [2.05, 4.69) is 5.10 Å². The van der Waals surface area contributed by atoms with Crippen molar-refractivity contribution in [1.82, 2.24) is 9.78 Å². The summed E-state index contributed by atoms with van der Waals surface area (Å²) in [6, 6.07) is 7.44. The standard InChI is InChI=1S/C10H12N4O/c1-15-8-4-2-3-7(5-8)14-10(12)9(11)6-13-14/h2-6H,11-12H2,1H3. The van der Waals surface area contributed by atoms with Crippen molar-refractivity contribution in [3.05, 3.63) is 30.5 Å². The molecule has 2 rings (SSSR count). The van der Waals surface area contributed by atoms with Crippen LogP contribution in [-0.4, -0.2) is 16.9 Å². The van der Waals surface area contributed by atoms with Crippen molar-refractivity contribution < 1.29 is 4.74 Å². The second kappa shape index (κ2) is 3.53. The van der Waals surface area contributed by atoms with Gasteiger partial charge < -0.3 is 16.2 Å². The maximum atomic E-state index is 5.76. The van der Waals surface area contributed by atoms with Gasteiger partial charge in [-0.2, -0.15) is 5.10 Å². The third-order valence-corrected chi connectivity index (χ3v) is 2.13. The minimum absolute atomic E-state index is 0.434. The van der Waals surface area contributed by atoms with Crippen LogP contribution in [0.1, 0.15) is 0 Å². The van der Waals surface area contributed by atoms with Gasteiger partial charge in [-0.3, -0.25) is 0 Å². The molecule has 0 bridgehead atoms. The third-order valence-electron chi connectivity index (χ3n) is 2.13. The van der Waals surface area contributed by atoms with E-state index in [0.29, 0.717) is 11.5 Å². The normalized spacial score (nSPS) is 10.2. The summed E-state index contributed by atoms with van der Waals surface area (Å²) in [4.78, 5) is 0. The topological polar surface area (TPSA) is 79.1 Å². The number of hydrogen-bond acceptors (Lipinski definition) is 4. The van der Waals surface area contributed by atoms with Crippen LogP contribution in [0.3, 0.4) is 0 Å². The van der Waals surface area contributed by atoms with Crippen molar-refractivity contribution in [3.8, 4) is 11.4 Å². The maximum absolute atomic E-state index is 5.76. The van der Waals surface area contributed by atoms with E-state index in [1.165, 1.54) is 6.20 Å². The number of ether oxygens (including phenoxy) is 1. The fourth-order valence-electron chi connectivity index (χ4n) is 1.32. The molecule has 0 spiro atoms. The molecule has 5 nitrogen and oxygen atoms in total. The molecule has 1 aromatic carbocycles. The van der Waals surface area contributed by atoms with Crippen molar-refractivity contribution in [2.75, 3.05) is 18.6 Å². The summed E-state index contributed by atoms with van der Waals surface area (Å²) in [5.74, 6) is 1.18. The molecule has 0 atom stereocenters. The molecule has 5 heteroatoms. The summed E-state index contributed by atoms with van der Waals surface area (Å²) < 4.78 is 6.68. The van der Waals surface area contributed by atoms with E-state index in [1.54, 1.807) is 11.8 Å². The predicted octanol–water partition coefficient (Wildman–Crippen LogP) is 1.05. The highest BCUT2D eigenvalue weighted by atomic mass is 16.5. The lowest BCUT2D eigenvalue weighted by molar-refractivity contribution is 0.414. The molecule has 0 aliphatic carbocycles. The molecule has 1 heterocycles. The Morgan fingerprint density at radius 2 is 2.13 bits per heavy atom. The van der Waals surface area contributed by atoms with Crippen LogP contribution in [0.15, 0.2) is 30.5 Å². The highest BCUT2D eigenvalue weighted by Crippen LogP contribution is 2.21. The number of benzene rings is 1. The Bertz CT molecular complexity index is 478. The molecule has 0 unspecified atom stereocenters. The van der Waals surface area contributed by atoms with E-state index < -0.39 is 0 Å². The van der Waals surface area contributed by atoms with Gasteiger partial charge in [0.25, 0.3) is 0 Å². The van der Waals surface area contributed by atoms with Gasteiger partial charge in [0, 0.05) is 6.07 Å². The predicted molar refractivity (Wildman–Crippen MR) is 58.9 cm³/mol. The van der Waals surface area contributed by atoms with Crippen LogP contribution in [-0.2, 0) is 0 Å². The van der Waals surface area contributed by atoms with Crippen LogP contribution in [0.4, 0.5) is 11.5 Å². The second-order valence-corrected chi connectivity index (χ2v) is 3.10. The van der Waals surface area contributed by atoms with E-state index in [4.69, 9.17) is 16.2 Å². The number of nitrogens with zero attached hydrogens (tertiary/aromatic N) is 2. The van der Waals surface area contributed by atoms with Gasteiger partial charge >= 0.3 is 0 Å². The molecule has 0 aliphatic heterocycles. The van der Waals surface area contributed by atoms with Crippen LogP contribution < -0.4 is 16.2 Å². The Morgan fingerprint density at radius 3 is 2.73 bits per heavy atom. The summed E-state index contributed by atoms with van der Waals surface area (Å²) >= 11 is 0. The van der Waals surface area contributed by atoms with E-state index >= 15 is 0 Å². The van der Waals surface area contributed by atoms with Gasteiger partial charge in [-0.1, -0.05) is 6.07 Å². The maximum Gasteiger partial charge on any atom is 0.150 e. The second-order valence-electron chi connectivity index (χ2n) is 3.10. The highest BCUT2D eigenvalue weighted by Gasteiger charge is 2.06. The molecule has 0 radical (unpaired) electrons. The zero-order valence-electron chi connectivity index (χ0n) is 8.34. The Hall–Kier alpha value is -2.17. The number of hydrogen-bond donors (Lipinski definition) is 2. The number of rotatable bonds is 2. The van der Waals surface area contributed by atoms with Crippen molar-refractivity contribution in [3.63, 3.8) is 0 Å². The van der Waals surface area contributed by atoms with E-state index in [-0.39, 0.29) is 0 Å². The first-order chi connectivity index (χ1) is 7.22. The summed E-state index contributed by atoms with van der Waals surface area (Å²) in [6.45, 7) is 0. The lowest BCUT2D eigenvalue weighted by Gasteiger charge is -2.06. The molecule has 0 saturated carbocycles. The van der Waals surface area contributed by atoms with Crippen molar-refractivity contribution in [1.29, 1.82) is 0 Å². The first-order valence-electron chi connectivity index (χ1n) is 4.46. The third kappa shape index (κ3) is 1.59. The molecule has 0 amide bonds. The summed E-state index contributed by atoms with van der Waals surface area (Å²) in [5, 5.41) is 4.07. The van der Waals surface area contributed by atoms with Gasteiger partial charge in [0.15, 0.2) is 0 Å². The average Bonchev–Trinajstić information content (AvgIpc) is 2.60. The Labute approximate surface area is 87.3 Å². The Balaban J connectivity index is 2.49.